The van der Waals surface area contributed by atoms with Gasteiger partial charge in [0.2, 0.25) is 0 Å². The Hall–Kier alpha value is 0.440. The summed E-state index contributed by atoms with van der Waals surface area (Å²) in [5.74, 6) is 0. The summed E-state index contributed by atoms with van der Waals surface area (Å²) in [6.45, 7) is 12.0. The summed E-state index contributed by atoms with van der Waals surface area (Å²) in [5, 5.41) is 0. The van der Waals surface area contributed by atoms with Gasteiger partial charge in [-0.05, 0) is 0 Å². The fourth-order valence-electron chi connectivity index (χ4n) is 0. The summed E-state index contributed by atoms with van der Waals surface area (Å²) in [7, 11) is 0. The molecule has 0 fully saturated rings. The SMILES string of the molecule is C=C.C=C.[Na+].[OH-]. The Labute approximate surface area is 61.4 Å². The topological polar surface area (TPSA) is 30.0 Å². The molecule has 32 valence electrons. The van der Waals surface area contributed by atoms with E-state index in [1.165, 1.54) is 0 Å². The molecule has 0 bridgehead atoms. The van der Waals surface area contributed by atoms with Crippen molar-refractivity contribution in [2.45, 2.75) is 0 Å². The normalized spacial score (nSPS) is 1.33. The predicted molar refractivity (Wildman–Crippen MR) is 24.4 cm³/mol. The largest absolute Gasteiger partial charge is 1.00 e. The van der Waals surface area contributed by atoms with Gasteiger partial charge in [0.25, 0.3) is 0 Å². The first-order valence-electron chi connectivity index (χ1n) is 1.000. The van der Waals surface area contributed by atoms with Crippen molar-refractivity contribution < 1.29 is 35.0 Å². The van der Waals surface area contributed by atoms with Crippen molar-refractivity contribution in [3.8, 4) is 0 Å². The maximum Gasteiger partial charge on any atom is 1.00 e. The van der Waals surface area contributed by atoms with Crippen LogP contribution in [0, 0.1) is 0 Å². The second-order valence-corrected chi connectivity index (χ2v) is 0. The molecule has 0 saturated carbocycles. The molecular formula is C4H9NaO. The summed E-state index contributed by atoms with van der Waals surface area (Å²) in [4.78, 5) is 0. The van der Waals surface area contributed by atoms with Gasteiger partial charge in [-0.15, -0.1) is 26.3 Å². The molecule has 6 heavy (non-hydrogen) atoms. The van der Waals surface area contributed by atoms with Crippen molar-refractivity contribution >= 4 is 0 Å². The maximum absolute atomic E-state index is 3.00. The Morgan fingerprint density at radius 2 is 0.667 bits per heavy atom. The van der Waals surface area contributed by atoms with Gasteiger partial charge in [-0.25, -0.2) is 0 Å². The van der Waals surface area contributed by atoms with Gasteiger partial charge in [-0.2, -0.15) is 0 Å². The molecule has 0 aromatic rings. The Bertz CT molecular complexity index is 9.51. The molecule has 0 aromatic heterocycles. The third-order valence-electron chi connectivity index (χ3n) is 0. The summed E-state index contributed by atoms with van der Waals surface area (Å²) in [5.41, 5.74) is 0. The van der Waals surface area contributed by atoms with Crippen molar-refractivity contribution in [2.24, 2.45) is 0 Å². The molecule has 0 radical (unpaired) electrons. The van der Waals surface area contributed by atoms with E-state index in [4.69, 9.17) is 0 Å². The molecule has 0 spiro atoms. The quantitative estimate of drug-likeness (QED) is 0.265. The fourth-order valence-corrected chi connectivity index (χ4v) is 0. The molecule has 0 aliphatic carbocycles. The number of hydrogen-bond acceptors (Lipinski definition) is 1. The molecule has 0 amide bonds. The first-order chi connectivity index (χ1) is 2.00. The third-order valence-corrected chi connectivity index (χ3v) is 0. The Balaban J connectivity index is -0.00000000500. The van der Waals surface area contributed by atoms with E-state index in [9.17, 15) is 0 Å². The van der Waals surface area contributed by atoms with Crippen LogP contribution >= 0.6 is 0 Å². The summed E-state index contributed by atoms with van der Waals surface area (Å²) >= 11 is 0. The summed E-state index contributed by atoms with van der Waals surface area (Å²) in [6, 6.07) is 0. The van der Waals surface area contributed by atoms with E-state index in [0.29, 0.717) is 0 Å². The smallest absolute Gasteiger partial charge is 0.870 e. The van der Waals surface area contributed by atoms with Crippen molar-refractivity contribution in [1.29, 1.82) is 0 Å². The molecule has 0 aliphatic rings. The standard InChI is InChI=1S/2C2H4.Na.H2O/c2*1-2;;/h2*1-2H2;;1H2/q;;+1;/p-1. The second kappa shape index (κ2) is 554. The van der Waals surface area contributed by atoms with Crippen LogP contribution in [0.15, 0.2) is 26.3 Å². The van der Waals surface area contributed by atoms with Crippen molar-refractivity contribution in [3.63, 3.8) is 0 Å². The molecule has 0 aromatic carbocycles. The van der Waals surface area contributed by atoms with Gasteiger partial charge in [-0.3, -0.25) is 0 Å². The molecule has 0 saturated heterocycles. The van der Waals surface area contributed by atoms with Gasteiger partial charge in [0, 0.05) is 0 Å². The van der Waals surface area contributed by atoms with E-state index < -0.39 is 0 Å². The minimum atomic E-state index is 0. The zero-order valence-corrected chi connectivity index (χ0v) is 6.28. The minimum absolute atomic E-state index is 0. The average Bonchev–Trinajstić information content (AvgIpc) is 1.50. The fraction of sp³-hybridized carbons (Fsp3) is 0. The number of hydrogen-bond donors (Lipinski definition) is 0. The Morgan fingerprint density at radius 1 is 0.667 bits per heavy atom. The molecule has 1 N–H and O–H groups in total. The van der Waals surface area contributed by atoms with Gasteiger partial charge < -0.3 is 5.48 Å². The van der Waals surface area contributed by atoms with Crippen LogP contribution in [0.5, 0.6) is 0 Å². The van der Waals surface area contributed by atoms with Crippen LogP contribution in [-0.4, -0.2) is 5.48 Å². The molecular weight excluding hydrogens is 87.0 g/mol. The number of rotatable bonds is 0. The van der Waals surface area contributed by atoms with Crippen LogP contribution < -0.4 is 29.6 Å². The Morgan fingerprint density at radius 3 is 0.667 bits per heavy atom. The van der Waals surface area contributed by atoms with E-state index >= 15 is 0 Å². The summed E-state index contributed by atoms with van der Waals surface area (Å²) in [6.07, 6.45) is 0. The maximum atomic E-state index is 3.00. The van der Waals surface area contributed by atoms with Gasteiger partial charge in [-0.1, -0.05) is 0 Å². The van der Waals surface area contributed by atoms with E-state index in [2.05, 4.69) is 26.3 Å². The van der Waals surface area contributed by atoms with Gasteiger partial charge in [0.15, 0.2) is 0 Å². The Kier molecular flexibility index (Phi) is 2960. The van der Waals surface area contributed by atoms with Gasteiger partial charge >= 0.3 is 29.6 Å². The molecule has 0 unspecified atom stereocenters. The molecule has 0 aliphatic heterocycles. The van der Waals surface area contributed by atoms with Gasteiger partial charge in [0.1, 0.15) is 0 Å². The zero-order chi connectivity index (χ0) is 4.00. The van der Waals surface area contributed by atoms with Crippen LogP contribution in [0.4, 0.5) is 0 Å². The van der Waals surface area contributed by atoms with E-state index in [1.54, 1.807) is 0 Å². The monoisotopic (exact) mass is 96.1 g/mol. The van der Waals surface area contributed by atoms with Crippen molar-refractivity contribution in [3.05, 3.63) is 26.3 Å². The average molecular weight is 96.1 g/mol. The van der Waals surface area contributed by atoms with E-state index in [1.807, 2.05) is 0 Å². The predicted octanol–water partition coefficient (Wildman–Crippen LogP) is -1.57. The van der Waals surface area contributed by atoms with E-state index in [0.717, 1.165) is 0 Å². The molecule has 0 heterocycles. The zero-order valence-electron chi connectivity index (χ0n) is 4.28. The van der Waals surface area contributed by atoms with Crippen LogP contribution in [0.25, 0.3) is 0 Å². The van der Waals surface area contributed by atoms with Gasteiger partial charge in [0.05, 0.1) is 0 Å². The molecule has 0 atom stereocenters. The minimum Gasteiger partial charge on any atom is -0.870 e. The van der Waals surface area contributed by atoms with Crippen molar-refractivity contribution in [1.82, 2.24) is 0 Å². The second-order valence-electron chi connectivity index (χ2n) is 0. The summed E-state index contributed by atoms with van der Waals surface area (Å²) < 4.78 is 0. The van der Waals surface area contributed by atoms with Crippen molar-refractivity contribution in [2.75, 3.05) is 0 Å². The molecule has 2 heteroatoms. The van der Waals surface area contributed by atoms with Crippen LogP contribution in [0.1, 0.15) is 0 Å². The molecule has 0 rings (SSSR count). The van der Waals surface area contributed by atoms with Crippen LogP contribution in [0.2, 0.25) is 0 Å². The first kappa shape index (κ1) is 32.0. The van der Waals surface area contributed by atoms with Crippen LogP contribution in [-0.2, 0) is 0 Å². The third kappa shape index (κ3) is 271. The van der Waals surface area contributed by atoms with E-state index in [-0.39, 0.29) is 35.0 Å². The first-order valence-corrected chi connectivity index (χ1v) is 1.000. The van der Waals surface area contributed by atoms with Crippen LogP contribution in [0.3, 0.4) is 0 Å². The molecule has 1 nitrogen and oxygen atoms in total.